The van der Waals surface area contributed by atoms with Gasteiger partial charge in [0.2, 0.25) is 0 Å². The highest BCUT2D eigenvalue weighted by molar-refractivity contribution is 5.96. The second-order valence-corrected chi connectivity index (χ2v) is 8.64. The third kappa shape index (κ3) is 4.92. The molecule has 1 aliphatic rings. The van der Waals surface area contributed by atoms with E-state index in [1.165, 1.54) is 12.1 Å². The molecular weight excluding hydrogens is 403 g/mol. The number of piperazine rings is 1. The summed E-state index contributed by atoms with van der Waals surface area (Å²) in [6.07, 6.45) is 0. The van der Waals surface area contributed by atoms with E-state index < -0.39 is 0 Å². The summed E-state index contributed by atoms with van der Waals surface area (Å²) in [6.45, 7) is 8.66. The first-order valence-corrected chi connectivity index (χ1v) is 11.1. The Balaban J connectivity index is 1.58. The van der Waals surface area contributed by atoms with Crippen molar-refractivity contribution in [3.05, 3.63) is 89.0 Å². The Morgan fingerprint density at radius 1 is 1.00 bits per heavy atom. The molecular formula is C26H31FN4O. The van der Waals surface area contributed by atoms with Gasteiger partial charge in [-0.1, -0.05) is 36.4 Å². The number of likely N-dealkylation sites (N-methyl/N-ethyl adjacent to an activating group) is 1. The second kappa shape index (κ2) is 9.67. The van der Waals surface area contributed by atoms with Crippen LogP contribution in [0.2, 0.25) is 0 Å². The van der Waals surface area contributed by atoms with Crippen LogP contribution in [-0.2, 0) is 0 Å². The first-order chi connectivity index (χ1) is 15.4. The van der Waals surface area contributed by atoms with Gasteiger partial charge in [0.25, 0.3) is 5.91 Å². The summed E-state index contributed by atoms with van der Waals surface area (Å²) in [5, 5.41) is 3.27. The van der Waals surface area contributed by atoms with Gasteiger partial charge >= 0.3 is 0 Å². The number of nitrogens with zero attached hydrogens (tertiary/aromatic N) is 3. The number of nitrogens with one attached hydrogen (secondary N) is 1. The average Bonchev–Trinajstić information content (AvgIpc) is 3.09. The number of aryl methyl sites for hydroxylation is 1. The van der Waals surface area contributed by atoms with Crippen LogP contribution in [0.3, 0.4) is 0 Å². The van der Waals surface area contributed by atoms with E-state index >= 15 is 0 Å². The number of halogens is 1. The molecule has 1 saturated heterocycles. The SMILES string of the molecule is Cc1cc(C(=O)NC(CN2CCN(C)CC2)c2ccccc2)c(C)n1-c1cccc(F)c1. The fourth-order valence-electron chi connectivity index (χ4n) is 4.45. The molecule has 1 unspecified atom stereocenters. The van der Waals surface area contributed by atoms with E-state index in [2.05, 4.69) is 34.3 Å². The largest absolute Gasteiger partial charge is 0.344 e. The Bertz CT molecular complexity index is 1070. The van der Waals surface area contributed by atoms with Crippen molar-refractivity contribution in [2.45, 2.75) is 19.9 Å². The topological polar surface area (TPSA) is 40.5 Å². The molecule has 1 aliphatic heterocycles. The van der Waals surface area contributed by atoms with Gasteiger partial charge in [0, 0.05) is 49.8 Å². The van der Waals surface area contributed by atoms with Crippen LogP contribution in [-0.4, -0.2) is 60.0 Å². The molecule has 1 aromatic heterocycles. The molecule has 0 spiro atoms. The highest BCUT2D eigenvalue weighted by Gasteiger charge is 2.24. The predicted molar refractivity (Wildman–Crippen MR) is 126 cm³/mol. The number of carbonyl (C=O) groups is 1. The van der Waals surface area contributed by atoms with Crippen LogP contribution in [0.5, 0.6) is 0 Å². The zero-order chi connectivity index (χ0) is 22.7. The third-order valence-electron chi connectivity index (χ3n) is 6.29. The smallest absolute Gasteiger partial charge is 0.253 e. The van der Waals surface area contributed by atoms with Gasteiger partial charge in [0.05, 0.1) is 11.6 Å². The molecule has 2 heterocycles. The van der Waals surface area contributed by atoms with E-state index in [-0.39, 0.29) is 17.8 Å². The normalized spacial score (nSPS) is 16.1. The summed E-state index contributed by atoms with van der Waals surface area (Å²) < 4.78 is 15.7. The predicted octanol–water partition coefficient (Wildman–Crippen LogP) is 3.95. The first-order valence-electron chi connectivity index (χ1n) is 11.1. The van der Waals surface area contributed by atoms with Crippen LogP contribution in [0.25, 0.3) is 5.69 Å². The molecule has 0 aliphatic carbocycles. The van der Waals surface area contributed by atoms with Gasteiger partial charge in [-0.05, 0) is 50.7 Å². The van der Waals surface area contributed by atoms with E-state index in [0.29, 0.717) is 5.56 Å². The lowest BCUT2D eigenvalue weighted by molar-refractivity contribution is 0.0906. The van der Waals surface area contributed by atoms with Gasteiger partial charge in [-0.2, -0.15) is 0 Å². The van der Waals surface area contributed by atoms with Gasteiger partial charge < -0.3 is 14.8 Å². The van der Waals surface area contributed by atoms with Crippen LogP contribution < -0.4 is 5.32 Å². The number of hydrogen-bond acceptors (Lipinski definition) is 3. The molecule has 0 bridgehead atoms. The maximum atomic E-state index is 13.8. The quantitative estimate of drug-likeness (QED) is 0.639. The van der Waals surface area contributed by atoms with Gasteiger partial charge in [-0.15, -0.1) is 0 Å². The zero-order valence-corrected chi connectivity index (χ0v) is 19.0. The first kappa shape index (κ1) is 22.2. The monoisotopic (exact) mass is 434 g/mol. The molecule has 3 aromatic rings. The summed E-state index contributed by atoms with van der Waals surface area (Å²) in [7, 11) is 2.14. The van der Waals surface area contributed by atoms with Crippen molar-refractivity contribution >= 4 is 5.91 Å². The molecule has 4 rings (SSSR count). The minimum absolute atomic E-state index is 0.107. The van der Waals surface area contributed by atoms with E-state index in [0.717, 1.165) is 55.4 Å². The number of rotatable bonds is 6. The fraction of sp³-hybridized carbons (Fsp3) is 0.346. The maximum Gasteiger partial charge on any atom is 0.253 e. The van der Waals surface area contributed by atoms with E-state index in [9.17, 15) is 9.18 Å². The lowest BCUT2D eigenvalue weighted by Gasteiger charge is -2.35. The molecule has 0 radical (unpaired) electrons. The Labute approximate surface area is 189 Å². The van der Waals surface area contributed by atoms with Crippen LogP contribution in [0.4, 0.5) is 4.39 Å². The van der Waals surface area contributed by atoms with Crippen LogP contribution in [0.1, 0.15) is 33.4 Å². The molecule has 1 atom stereocenters. The summed E-state index contributed by atoms with van der Waals surface area (Å²) in [6, 6.07) is 18.4. The third-order valence-corrected chi connectivity index (χ3v) is 6.29. The lowest BCUT2D eigenvalue weighted by Crippen LogP contribution is -2.47. The number of amides is 1. The Hall–Kier alpha value is -2.96. The lowest BCUT2D eigenvalue weighted by atomic mass is 10.0. The van der Waals surface area contributed by atoms with Crippen LogP contribution >= 0.6 is 0 Å². The van der Waals surface area contributed by atoms with E-state index in [4.69, 9.17) is 0 Å². The molecule has 0 saturated carbocycles. The summed E-state index contributed by atoms with van der Waals surface area (Å²) in [5.41, 5.74) is 4.13. The zero-order valence-electron chi connectivity index (χ0n) is 19.0. The number of hydrogen-bond donors (Lipinski definition) is 1. The fourth-order valence-corrected chi connectivity index (χ4v) is 4.45. The van der Waals surface area contributed by atoms with Gasteiger partial charge in [-0.25, -0.2) is 4.39 Å². The standard InChI is InChI=1S/C26H31FN4O/c1-19-16-24(20(2)31(19)23-11-7-10-22(27)17-23)26(32)28-25(21-8-5-4-6-9-21)18-30-14-12-29(3)13-15-30/h4-11,16-17,25H,12-15,18H2,1-3H3,(H,28,32). The molecule has 168 valence electrons. The van der Waals surface area contributed by atoms with Gasteiger partial charge in [-0.3, -0.25) is 9.69 Å². The minimum atomic E-state index is -0.294. The Kier molecular flexibility index (Phi) is 6.72. The summed E-state index contributed by atoms with van der Waals surface area (Å²) in [5.74, 6) is -0.402. The number of aromatic nitrogens is 1. The molecule has 1 N–H and O–H groups in total. The Morgan fingerprint density at radius 2 is 1.72 bits per heavy atom. The minimum Gasteiger partial charge on any atom is -0.344 e. The van der Waals surface area contributed by atoms with Crippen LogP contribution in [0.15, 0.2) is 60.7 Å². The van der Waals surface area contributed by atoms with Crippen molar-refractivity contribution in [3.8, 4) is 5.69 Å². The molecule has 2 aromatic carbocycles. The maximum absolute atomic E-state index is 13.8. The molecule has 5 nitrogen and oxygen atoms in total. The van der Waals surface area contributed by atoms with Gasteiger partial charge in [0.1, 0.15) is 5.82 Å². The Morgan fingerprint density at radius 3 is 2.41 bits per heavy atom. The highest BCUT2D eigenvalue weighted by Crippen LogP contribution is 2.23. The summed E-state index contributed by atoms with van der Waals surface area (Å²) in [4.78, 5) is 18.1. The number of carbonyl (C=O) groups excluding carboxylic acids is 1. The van der Waals surface area contributed by atoms with E-state index in [1.54, 1.807) is 6.07 Å². The van der Waals surface area contributed by atoms with Crippen LogP contribution in [0, 0.1) is 19.7 Å². The molecule has 1 amide bonds. The molecule has 1 fully saturated rings. The van der Waals surface area contributed by atoms with Crippen molar-refractivity contribution < 1.29 is 9.18 Å². The summed E-state index contributed by atoms with van der Waals surface area (Å²) >= 11 is 0. The van der Waals surface area contributed by atoms with Crippen molar-refractivity contribution in [1.82, 2.24) is 19.7 Å². The highest BCUT2D eigenvalue weighted by atomic mass is 19.1. The number of benzene rings is 2. The average molecular weight is 435 g/mol. The van der Waals surface area contributed by atoms with Crippen molar-refractivity contribution in [1.29, 1.82) is 0 Å². The van der Waals surface area contributed by atoms with Crippen molar-refractivity contribution in [3.63, 3.8) is 0 Å². The second-order valence-electron chi connectivity index (χ2n) is 8.64. The van der Waals surface area contributed by atoms with Gasteiger partial charge in [0.15, 0.2) is 0 Å². The van der Waals surface area contributed by atoms with Crippen molar-refractivity contribution in [2.75, 3.05) is 39.8 Å². The van der Waals surface area contributed by atoms with E-state index in [1.807, 2.05) is 48.7 Å². The van der Waals surface area contributed by atoms with Crippen molar-refractivity contribution in [2.24, 2.45) is 0 Å². The molecule has 32 heavy (non-hydrogen) atoms. The molecule has 6 heteroatoms.